The fourth-order valence-electron chi connectivity index (χ4n) is 3.90. The highest BCUT2D eigenvalue weighted by molar-refractivity contribution is 5.62. The van der Waals surface area contributed by atoms with Crippen molar-refractivity contribution in [3.8, 4) is 5.75 Å². The second-order valence-corrected chi connectivity index (χ2v) is 7.35. The molecule has 4 heteroatoms. The summed E-state index contributed by atoms with van der Waals surface area (Å²) in [5.41, 5.74) is 0.424. The summed E-state index contributed by atoms with van der Waals surface area (Å²) in [5.74, 6) is 2.01. The van der Waals surface area contributed by atoms with Crippen LogP contribution in [0.5, 0.6) is 5.75 Å². The van der Waals surface area contributed by atoms with Gasteiger partial charge in [0, 0.05) is 5.92 Å². The van der Waals surface area contributed by atoms with Crippen LogP contribution >= 0.6 is 0 Å². The van der Waals surface area contributed by atoms with Gasteiger partial charge < -0.3 is 14.2 Å². The molecule has 1 aromatic rings. The van der Waals surface area contributed by atoms with Gasteiger partial charge in [0.15, 0.2) is 0 Å². The summed E-state index contributed by atoms with van der Waals surface area (Å²) < 4.78 is 15.9. The first kappa shape index (κ1) is 19.4. The lowest BCUT2D eigenvalue weighted by Crippen LogP contribution is -2.47. The Morgan fingerprint density at radius 2 is 1.88 bits per heavy atom. The minimum Gasteiger partial charge on any atom is -0.497 e. The zero-order valence-corrected chi connectivity index (χ0v) is 16.0. The second-order valence-electron chi connectivity index (χ2n) is 7.35. The SMILES string of the molecule is COC(=O)O[C@@]1(/C=C/c2ccc(OC)cc2)C[C@H](C)CC[C@H]1C(C)C. The summed E-state index contributed by atoms with van der Waals surface area (Å²) in [7, 11) is 3.01. The summed E-state index contributed by atoms with van der Waals surface area (Å²) in [6.07, 6.45) is 6.51. The van der Waals surface area contributed by atoms with Gasteiger partial charge in [-0.05, 0) is 48.4 Å². The molecule has 25 heavy (non-hydrogen) atoms. The first-order valence-electron chi connectivity index (χ1n) is 9.00. The van der Waals surface area contributed by atoms with Crippen LogP contribution in [0.15, 0.2) is 30.3 Å². The maximum atomic E-state index is 12.0. The van der Waals surface area contributed by atoms with Crippen LogP contribution in [0.1, 0.15) is 45.6 Å². The van der Waals surface area contributed by atoms with Crippen LogP contribution in [0.3, 0.4) is 0 Å². The summed E-state index contributed by atoms with van der Waals surface area (Å²) in [4.78, 5) is 12.0. The van der Waals surface area contributed by atoms with E-state index in [1.807, 2.05) is 30.3 Å². The van der Waals surface area contributed by atoms with Crippen molar-refractivity contribution in [3.05, 3.63) is 35.9 Å². The molecule has 1 aliphatic carbocycles. The lowest BCUT2D eigenvalue weighted by molar-refractivity contribution is -0.0746. The van der Waals surface area contributed by atoms with Crippen LogP contribution in [0, 0.1) is 17.8 Å². The Bertz CT molecular complexity index is 590. The number of hydrogen-bond acceptors (Lipinski definition) is 4. The van der Waals surface area contributed by atoms with Crippen molar-refractivity contribution in [1.82, 2.24) is 0 Å². The molecule has 4 nitrogen and oxygen atoms in total. The molecular weight excluding hydrogens is 316 g/mol. The van der Waals surface area contributed by atoms with Crippen LogP contribution in [0.2, 0.25) is 0 Å². The number of carbonyl (C=O) groups is 1. The van der Waals surface area contributed by atoms with Crippen molar-refractivity contribution in [2.45, 2.75) is 45.6 Å². The third kappa shape index (κ3) is 4.77. The van der Waals surface area contributed by atoms with Gasteiger partial charge in [-0.25, -0.2) is 4.79 Å². The van der Waals surface area contributed by atoms with Gasteiger partial charge in [-0.1, -0.05) is 45.4 Å². The predicted molar refractivity (Wildman–Crippen MR) is 99.6 cm³/mol. The maximum absolute atomic E-state index is 12.0. The van der Waals surface area contributed by atoms with Crippen molar-refractivity contribution < 1.29 is 19.0 Å². The Balaban J connectivity index is 2.34. The molecule has 138 valence electrons. The quantitative estimate of drug-likeness (QED) is 0.677. The smallest absolute Gasteiger partial charge is 0.497 e. The monoisotopic (exact) mass is 346 g/mol. The Morgan fingerprint density at radius 3 is 2.44 bits per heavy atom. The van der Waals surface area contributed by atoms with Crippen LogP contribution in [-0.4, -0.2) is 26.0 Å². The van der Waals surface area contributed by atoms with Crippen molar-refractivity contribution in [3.63, 3.8) is 0 Å². The average Bonchev–Trinajstić information content (AvgIpc) is 2.60. The number of benzene rings is 1. The molecule has 3 atom stereocenters. The molecule has 0 saturated heterocycles. The van der Waals surface area contributed by atoms with E-state index in [1.165, 1.54) is 7.11 Å². The van der Waals surface area contributed by atoms with Crippen molar-refractivity contribution >= 4 is 12.2 Å². The van der Waals surface area contributed by atoms with Gasteiger partial charge in [0.2, 0.25) is 0 Å². The molecule has 1 saturated carbocycles. The molecule has 0 heterocycles. The Labute approximate surface area is 151 Å². The van der Waals surface area contributed by atoms with E-state index in [-0.39, 0.29) is 5.92 Å². The Kier molecular flexibility index (Phi) is 6.51. The van der Waals surface area contributed by atoms with E-state index in [2.05, 4.69) is 26.8 Å². The van der Waals surface area contributed by atoms with E-state index in [0.29, 0.717) is 11.8 Å². The van der Waals surface area contributed by atoms with E-state index >= 15 is 0 Å². The minimum absolute atomic E-state index is 0.275. The fourth-order valence-corrected chi connectivity index (χ4v) is 3.90. The molecule has 1 aromatic carbocycles. The second kappa shape index (κ2) is 8.41. The molecule has 0 bridgehead atoms. The Morgan fingerprint density at radius 1 is 1.20 bits per heavy atom. The normalized spacial score (nSPS) is 26.6. The van der Waals surface area contributed by atoms with E-state index in [0.717, 1.165) is 30.6 Å². The maximum Gasteiger partial charge on any atom is 0.508 e. The highest BCUT2D eigenvalue weighted by atomic mass is 16.7. The van der Waals surface area contributed by atoms with Gasteiger partial charge in [0.1, 0.15) is 11.4 Å². The van der Waals surface area contributed by atoms with Crippen LogP contribution in [0.25, 0.3) is 6.08 Å². The largest absolute Gasteiger partial charge is 0.508 e. The molecule has 0 spiro atoms. The van der Waals surface area contributed by atoms with Gasteiger partial charge in [0.25, 0.3) is 0 Å². The number of carbonyl (C=O) groups excluding carboxylic acids is 1. The third-order valence-electron chi connectivity index (χ3n) is 5.18. The summed E-state index contributed by atoms with van der Waals surface area (Å²) >= 11 is 0. The molecule has 1 aliphatic rings. The molecule has 0 aliphatic heterocycles. The molecule has 2 rings (SSSR count). The number of rotatable bonds is 5. The molecule has 1 fully saturated rings. The first-order chi connectivity index (χ1) is 11.9. The molecule has 0 N–H and O–H groups in total. The number of ether oxygens (including phenoxy) is 3. The van der Waals surface area contributed by atoms with Gasteiger partial charge in [-0.3, -0.25) is 0 Å². The fraction of sp³-hybridized carbons (Fsp3) is 0.571. The zero-order valence-electron chi connectivity index (χ0n) is 16.0. The van der Waals surface area contributed by atoms with Gasteiger partial charge in [0.05, 0.1) is 14.2 Å². The van der Waals surface area contributed by atoms with Gasteiger partial charge in [-0.15, -0.1) is 0 Å². The third-order valence-corrected chi connectivity index (χ3v) is 5.18. The minimum atomic E-state index is -0.626. The molecule has 0 aromatic heterocycles. The average molecular weight is 346 g/mol. The van der Waals surface area contributed by atoms with Crippen LogP contribution < -0.4 is 4.74 Å². The molecule has 0 amide bonds. The van der Waals surface area contributed by atoms with E-state index in [9.17, 15) is 4.79 Å². The van der Waals surface area contributed by atoms with Crippen molar-refractivity contribution in [2.75, 3.05) is 14.2 Å². The van der Waals surface area contributed by atoms with E-state index < -0.39 is 11.8 Å². The zero-order chi connectivity index (χ0) is 18.4. The number of hydrogen-bond donors (Lipinski definition) is 0. The first-order valence-corrected chi connectivity index (χ1v) is 9.00. The highest BCUT2D eigenvalue weighted by Crippen LogP contribution is 2.45. The highest BCUT2D eigenvalue weighted by Gasteiger charge is 2.46. The number of methoxy groups -OCH3 is 2. The van der Waals surface area contributed by atoms with E-state index in [1.54, 1.807) is 7.11 Å². The summed E-state index contributed by atoms with van der Waals surface area (Å²) in [6.45, 7) is 6.60. The predicted octanol–water partition coefficient (Wildman–Crippen LogP) is 5.32. The molecule has 0 radical (unpaired) electrons. The standard InChI is InChI=1S/C21H30O4/c1-15(2)19-11-6-16(3)14-21(19,25-20(22)24-5)13-12-17-7-9-18(23-4)10-8-17/h7-10,12-13,15-16,19H,6,11,14H2,1-5H3/b13-12+/t16-,19+,21+/m1/s1. The van der Waals surface area contributed by atoms with Gasteiger partial charge in [-0.2, -0.15) is 0 Å². The van der Waals surface area contributed by atoms with Crippen molar-refractivity contribution in [1.29, 1.82) is 0 Å². The topological polar surface area (TPSA) is 44.8 Å². The molecular formula is C21H30O4. The summed E-state index contributed by atoms with van der Waals surface area (Å²) in [5, 5.41) is 0. The molecule has 0 unspecified atom stereocenters. The lowest BCUT2D eigenvalue weighted by atomic mass is 9.66. The van der Waals surface area contributed by atoms with Crippen LogP contribution in [-0.2, 0) is 9.47 Å². The van der Waals surface area contributed by atoms with E-state index in [4.69, 9.17) is 14.2 Å². The lowest BCUT2D eigenvalue weighted by Gasteiger charge is -2.45. The Hall–Kier alpha value is -1.97. The summed E-state index contributed by atoms with van der Waals surface area (Å²) in [6, 6.07) is 7.85. The van der Waals surface area contributed by atoms with Crippen molar-refractivity contribution in [2.24, 2.45) is 17.8 Å². The van der Waals surface area contributed by atoms with Crippen LogP contribution in [0.4, 0.5) is 4.79 Å². The van der Waals surface area contributed by atoms with Gasteiger partial charge >= 0.3 is 6.16 Å².